The van der Waals surface area contributed by atoms with Crippen LogP contribution in [0, 0.1) is 0 Å². The van der Waals surface area contributed by atoms with Gasteiger partial charge in [-0.1, -0.05) is 6.07 Å². The Hall–Kier alpha value is -1.44. The van der Waals surface area contributed by atoms with Crippen LogP contribution >= 0.6 is 0 Å². The minimum atomic E-state index is -3.73. The fraction of sp³-hybridized carbons (Fsp3) is 0.462. The lowest BCUT2D eigenvalue weighted by Crippen LogP contribution is -2.52. The van der Waals surface area contributed by atoms with E-state index in [0.717, 1.165) is 0 Å². The molecule has 0 aliphatic carbocycles. The number of morpholine rings is 1. The van der Waals surface area contributed by atoms with E-state index in [1.165, 1.54) is 28.6 Å². The van der Waals surface area contributed by atoms with Gasteiger partial charge in [-0.25, -0.2) is 13.2 Å². The average molecular weight is 299 g/mol. The van der Waals surface area contributed by atoms with Gasteiger partial charge in [-0.05, 0) is 32.0 Å². The Morgan fingerprint density at radius 3 is 2.45 bits per heavy atom. The van der Waals surface area contributed by atoms with Crippen LogP contribution in [-0.4, -0.2) is 49.1 Å². The molecule has 2 rings (SSSR count). The van der Waals surface area contributed by atoms with Crippen molar-refractivity contribution in [1.29, 1.82) is 0 Å². The number of hydrogen-bond acceptors (Lipinski definition) is 4. The first-order valence-corrected chi connectivity index (χ1v) is 7.72. The first-order chi connectivity index (χ1) is 9.34. The van der Waals surface area contributed by atoms with E-state index in [9.17, 15) is 13.2 Å². The lowest BCUT2D eigenvalue weighted by Gasteiger charge is -2.37. The van der Waals surface area contributed by atoms with Crippen molar-refractivity contribution in [2.24, 2.45) is 0 Å². The standard InChI is InChI=1S/C13H17NO5S/c1-9-7-19-8-10(2)14(9)20(17,18)12-5-3-4-11(6-12)13(15)16/h3-6,9-10H,7-8H2,1-2H3,(H,15,16). The number of benzene rings is 1. The molecule has 0 bridgehead atoms. The maximum atomic E-state index is 12.7. The molecule has 20 heavy (non-hydrogen) atoms. The van der Waals surface area contributed by atoms with Crippen molar-refractivity contribution < 1.29 is 23.1 Å². The molecule has 7 heteroatoms. The summed E-state index contributed by atoms with van der Waals surface area (Å²) in [5, 5.41) is 8.96. The van der Waals surface area contributed by atoms with Gasteiger partial charge >= 0.3 is 5.97 Å². The number of carbonyl (C=O) groups is 1. The fourth-order valence-corrected chi connectivity index (χ4v) is 4.21. The lowest BCUT2D eigenvalue weighted by molar-refractivity contribution is 0.00636. The lowest BCUT2D eigenvalue weighted by atomic mass is 10.2. The Kier molecular flexibility index (Phi) is 4.12. The SMILES string of the molecule is CC1COCC(C)N1S(=O)(=O)c1cccc(C(=O)O)c1. The summed E-state index contributed by atoms with van der Waals surface area (Å²) in [6.45, 7) is 4.22. The van der Waals surface area contributed by atoms with Crippen LogP contribution < -0.4 is 0 Å². The maximum Gasteiger partial charge on any atom is 0.335 e. The van der Waals surface area contributed by atoms with E-state index in [1.54, 1.807) is 13.8 Å². The summed E-state index contributed by atoms with van der Waals surface area (Å²) >= 11 is 0. The van der Waals surface area contributed by atoms with Gasteiger partial charge in [-0.3, -0.25) is 0 Å². The first kappa shape index (κ1) is 15.0. The zero-order valence-electron chi connectivity index (χ0n) is 11.3. The molecule has 1 fully saturated rings. The van der Waals surface area contributed by atoms with Crippen molar-refractivity contribution in [3.63, 3.8) is 0 Å². The summed E-state index contributed by atoms with van der Waals surface area (Å²) in [6, 6.07) is 4.84. The third-order valence-electron chi connectivity index (χ3n) is 3.24. The monoisotopic (exact) mass is 299 g/mol. The van der Waals surface area contributed by atoms with Gasteiger partial charge in [-0.15, -0.1) is 0 Å². The van der Waals surface area contributed by atoms with Crippen LogP contribution in [0.4, 0.5) is 0 Å². The highest BCUT2D eigenvalue weighted by atomic mass is 32.2. The zero-order chi connectivity index (χ0) is 14.9. The molecule has 1 heterocycles. The number of sulfonamides is 1. The summed E-state index contributed by atoms with van der Waals surface area (Å²) in [6.07, 6.45) is 0. The summed E-state index contributed by atoms with van der Waals surface area (Å²) in [5.41, 5.74) is -0.0420. The third kappa shape index (κ3) is 2.70. The Bertz CT molecular complexity index is 603. The van der Waals surface area contributed by atoms with Crippen LogP contribution in [0.5, 0.6) is 0 Å². The number of carboxylic acid groups (broad SMARTS) is 1. The van der Waals surface area contributed by atoms with Crippen molar-refractivity contribution in [3.8, 4) is 0 Å². The van der Waals surface area contributed by atoms with Gasteiger partial charge in [0.15, 0.2) is 0 Å². The van der Waals surface area contributed by atoms with Gasteiger partial charge in [0.2, 0.25) is 10.0 Å². The number of nitrogens with zero attached hydrogens (tertiary/aromatic N) is 1. The molecule has 1 aliphatic rings. The highest BCUT2D eigenvalue weighted by molar-refractivity contribution is 7.89. The van der Waals surface area contributed by atoms with Crippen molar-refractivity contribution in [2.45, 2.75) is 30.8 Å². The Morgan fingerprint density at radius 2 is 1.90 bits per heavy atom. The number of hydrogen-bond donors (Lipinski definition) is 1. The number of rotatable bonds is 3. The minimum Gasteiger partial charge on any atom is -0.478 e. The molecule has 0 radical (unpaired) electrons. The van der Waals surface area contributed by atoms with E-state index < -0.39 is 16.0 Å². The predicted octanol–water partition coefficient (Wildman–Crippen LogP) is 1.18. The van der Waals surface area contributed by atoms with Crippen molar-refractivity contribution in [3.05, 3.63) is 29.8 Å². The third-order valence-corrected chi connectivity index (χ3v) is 5.37. The predicted molar refractivity (Wildman–Crippen MR) is 72.2 cm³/mol. The average Bonchev–Trinajstić information content (AvgIpc) is 2.38. The van der Waals surface area contributed by atoms with Crippen molar-refractivity contribution in [1.82, 2.24) is 4.31 Å². The van der Waals surface area contributed by atoms with Gasteiger partial charge in [0.25, 0.3) is 0 Å². The molecule has 110 valence electrons. The molecule has 2 unspecified atom stereocenters. The van der Waals surface area contributed by atoms with E-state index >= 15 is 0 Å². The van der Waals surface area contributed by atoms with Crippen LogP contribution in [0.2, 0.25) is 0 Å². The van der Waals surface area contributed by atoms with Crippen LogP contribution in [0.25, 0.3) is 0 Å². The van der Waals surface area contributed by atoms with Gasteiger partial charge in [-0.2, -0.15) is 4.31 Å². The highest BCUT2D eigenvalue weighted by Gasteiger charge is 2.36. The number of aromatic carboxylic acids is 1. The molecule has 0 spiro atoms. The van der Waals surface area contributed by atoms with Crippen molar-refractivity contribution in [2.75, 3.05) is 13.2 Å². The van der Waals surface area contributed by atoms with Crippen molar-refractivity contribution >= 4 is 16.0 Å². The topological polar surface area (TPSA) is 83.9 Å². The zero-order valence-corrected chi connectivity index (χ0v) is 12.1. The summed E-state index contributed by atoms with van der Waals surface area (Å²) < 4.78 is 32.0. The Morgan fingerprint density at radius 1 is 1.30 bits per heavy atom. The molecule has 1 saturated heterocycles. The normalized spacial score (nSPS) is 24.5. The molecule has 1 N–H and O–H groups in total. The smallest absolute Gasteiger partial charge is 0.335 e. The highest BCUT2D eigenvalue weighted by Crippen LogP contribution is 2.24. The maximum absolute atomic E-state index is 12.7. The molecule has 0 aromatic heterocycles. The molecule has 2 atom stereocenters. The summed E-state index contributed by atoms with van der Waals surface area (Å²) in [4.78, 5) is 11.0. The fourth-order valence-electron chi connectivity index (χ4n) is 2.38. The van der Waals surface area contributed by atoms with Gasteiger partial charge < -0.3 is 9.84 Å². The van der Waals surface area contributed by atoms with Gasteiger partial charge in [0.05, 0.1) is 23.7 Å². The quantitative estimate of drug-likeness (QED) is 0.906. The molecule has 1 aliphatic heterocycles. The van der Waals surface area contributed by atoms with E-state index in [2.05, 4.69) is 0 Å². The van der Waals surface area contributed by atoms with Gasteiger partial charge in [0.1, 0.15) is 0 Å². The van der Waals surface area contributed by atoms with Crippen LogP contribution in [0.15, 0.2) is 29.2 Å². The second-order valence-electron chi connectivity index (χ2n) is 4.90. The Labute approximate surface area is 118 Å². The van der Waals surface area contributed by atoms with Crippen LogP contribution in [-0.2, 0) is 14.8 Å². The van der Waals surface area contributed by atoms with E-state index in [0.29, 0.717) is 13.2 Å². The molecule has 0 saturated carbocycles. The van der Waals surface area contributed by atoms with Crippen LogP contribution in [0.3, 0.4) is 0 Å². The molecule has 1 aromatic carbocycles. The molecule has 0 amide bonds. The number of ether oxygens (including phenoxy) is 1. The van der Waals surface area contributed by atoms with E-state index in [4.69, 9.17) is 9.84 Å². The first-order valence-electron chi connectivity index (χ1n) is 6.28. The minimum absolute atomic E-state index is 0.00185. The van der Waals surface area contributed by atoms with E-state index in [-0.39, 0.29) is 22.5 Å². The second-order valence-corrected chi connectivity index (χ2v) is 6.75. The second kappa shape index (κ2) is 5.51. The molecule has 1 aromatic rings. The summed E-state index contributed by atoms with van der Waals surface area (Å²) in [5.74, 6) is -1.15. The van der Waals surface area contributed by atoms with Crippen LogP contribution in [0.1, 0.15) is 24.2 Å². The molecule has 6 nitrogen and oxygen atoms in total. The Balaban J connectivity index is 2.44. The molecular weight excluding hydrogens is 282 g/mol. The number of carboxylic acids is 1. The van der Waals surface area contributed by atoms with Gasteiger partial charge in [0, 0.05) is 12.1 Å². The van der Waals surface area contributed by atoms with E-state index in [1.807, 2.05) is 0 Å². The largest absolute Gasteiger partial charge is 0.478 e. The molecular formula is C13H17NO5S. The summed E-state index contributed by atoms with van der Waals surface area (Å²) in [7, 11) is -3.73.